The Bertz CT molecular complexity index is 1000. The van der Waals surface area contributed by atoms with Gasteiger partial charge in [-0.2, -0.15) is 0 Å². The summed E-state index contributed by atoms with van der Waals surface area (Å²) in [6.45, 7) is 10.2. The molecule has 0 atom stereocenters. The zero-order valence-corrected chi connectivity index (χ0v) is 20.0. The maximum atomic E-state index is 12.4. The number of benzene rings is 2. The van der Waals surface area contributed by atoms with Crippen LogP contribution in [-0.2, 0) is 9.53 Å². The van der Waals surface area contributed by atoms with Crippen molar-refractivity contribution in [3.8, 4) is 11.5 Å². The summed E-state index contributed by atoms with van der Waals surface area (Å²) in [6.07, 6.45) is 3.51. The number of hydrogen-bond acceptors (Lipinski definition) is 6. The molecule has 1 aliphatic heterocycles. The van der Waals surface area contributed by atoms with Gasteiger partial charge in [0.1, 0.15) is 29.0 Å². The molecule has 1 heterocycles. The summed E-state index contributed by atoms with van der Waals surface area (Å²) in [4.78, 5) is 14.5. The molecule has 0 spiro atoms. The predicted molar refractivity (Wildman–Crippen MR) is 134 cm³/mol. The van der Waals surface area contributed by atoms with Crippen LogP contribution in [0.2, 0.25) is 0 Å². The molecule has 0 unspecified atom stereocenters. The third-order valence-electron chi connectivity index (χ3n) is 4.83. The van der Waals surface area contributed by atoms with Gasteiger partial charge in [-0.15, -0.1) is 6.58 Å². The molecule has 0 aromatic heterocycles. The van der Waals surface area contributed by atoms with Crippen molar-refractivity contribution in [1.29, 1.82) is 0 Å². The molecular weight excluding hydrogens is 442 g/mol. The van der Waals surface area contributed by atoms with E-state index in [1.807, 2.05) is 42.5 Å². The lowest BCUT2D eigenvalue weighted by Crippen LogP contribution is -2.27. The van der Waals surface area contributed by atoms with Gasteiger partial charge in [0.25, 0.3) is 5.91 Å². The van der Waals surface area contributed by atoms with Gasteiger partial charge in [0.15, 0.2) is 0 Å². The first kappa shape index (κ1) is 24.0. The fraction of sp³-hybridized carbons (Fsp3) is 0.280. The number of aryl methyl sites for hydroxylation is 2. The molecule has 2 aromatic rings. The van der Waals surface area contributed by atoms with Crippen molar-refractivity contribution in [3.63, 3.8) is 0 Å². The molecule has 7 heteroatoms. The minimum Gasteiger partial charge on any atom is -0.491 e. The van der Waals surface area contributed by atoms with Gasteiger partial charge >= 0.3 is 0 Å². The Hall–Kier alpha value is -2.61. The zero-order valence-electron chi connectivity index (χ0n) is 18.3. The fourth-order valence-electron chi connectivity index (χ4n) is 2.94. The molecule has 168 valence electrons. The van der Waals surface area contributed by atoms with Crippen LogP contribution in [0.3, 0.4) is 0 Å². The molecule has 1 amide bonds. The molecule has 1 fully saturated rings. The highest BCUT2D eigenvalue weighted by Crippen LogP contribution is 2.32. The van der Waals surface area contributed by atoms with Crippen molar-refractivity contribution in [2.75, 3.05) is 33.0 Å². The second-order valence-corrected chi connectivity index (χ2v) is 8.88. The van der Waals surface area contributed by atoms with Crippen LogP contribution in [0.25, 0.3) is 6.08 Å². The van der Waals surface area contributed by atoms with E-state index in [9.17, 15) is 4.79 Å². The van der Waals surface area contributed by atoms with E-state index in [1.165, 1.54) is 22.9 Å². The summed E-state index contributed by atoms with van der Waals surface area (Å²) in [6, 6.07) is 13.6. The van der Waals surface area contributed by atoms with Crippen molar-refractivity contribution in [2.45, 2.75) is 13.8 Å². The van der Waals surface area contributed by atoms with Crippen LogP contribution in [0.1, 0.15) is 16.7 Å². The van der Waals surface area contributed by atoms with Crippen molar-refractivity contribution >= 4 is 40.3 Å². The quantitative estimate of drug-likeness (QED) is 0.196. The lowest BCUT2D eigenvalue weighted by molar-refractivity contribution is -0.121. The van der Waals surface area contributed by atoms with Gasteiger partial charge < -0.3 is 14.2 Å². The first-order valence-corrected chi connectivity index (χ1v) is 11.6. The highest BCUT2D eigenvalue weighted by atomic mass is 32.2. The standard InChI is InChI=1S/C25H27NO4S2/c1-4-11-26-24(27)23(32-25(26)31)17-20-6-9-21(10-7-20)29-14-12-28-13-15-30-22-8-5-18(2)19(3)16-22/h4-10,16-17H,1,11-15H2,2-3H3/b23-17+. The van der Waals surface area contributed by atoms with Crippen LogP contribution in [0.4, 0.5) is 0 Å². The largest absolute Gasteiger partial charge is 0.491 e. The van der Waals surface area contributed by atoms with E-state index in [-0.39, 0.29) is 5.91 Å². The van der Waals surface area contributed by atoms with E-state index < -0.39 is 0 Å². The molecule has 2 aromatic carbocycles. The van der Waals surface area contributed by atoms with Crippen molar-refractivity contribution < 1.29 is 19.0 Å². The highest BCUT2D eigenvalue weighted by molar-refractivity contribution is 8.26. The Morgan fingerprint density at radius 2 is 1.62 bits per heavy atom. The zero-order chi connectivity index (χ0) is 22.9. The monoisotopic (exact) mass is 469 g/mol. The van der Waals surface area contributed by atoms with Gasteiger partial charge in [-0.1, -0.05) is 48.3 Å². The Morgan fingerprint density at radius 3 is 2.28 bits per heavy atom. The Kier molecular flexibility index (Phi) is 8.90. The van der Waals surface area contributed by atoms with Crippen LogP contribution in [0.5, 0.6) is 11.5 Å². The number of carbonyl (C=O) groups excluding carboxylic acids is 1. The van der Waals surface area contributed by atoms with Crippen LogP contribution < -0.4 is 9.47 Å². The third-order valence-corrected chi connectivity index (χ3v) is 6.21. The van der Waals surface area contributed by atoms with Crippen LogP contribution in [0, 0.1) is 13.8 Å². The molecule has 0 bridgehead atoms. The summed E-state index contributed by atoms with van der Waals surface area (Å²) in [7, 11) is 0. The number of carbonyl (C=O) groups is 1. The van der Waals surface area contributed by atoms with Gasteiger partial charge in [0.2, 0.25) is 0 Å². The molecular formula is C25H27NO4S2. The summed E-state index contributed by atoms with van der Waals surface area (Å²) in [5.74, 6) is 1.52. The minimum absolute atomic E-state index is 0.0844. The third kappa shape index (κ3) is 6.69. The van der Waals surface area contributed by atoms with Crippen molar-refractivity contribution in [1.82, 2.24) is 4.90 Å². The lowest BCUT2D eigenvalue weighted by atomic mass is 10.1. The van der Waals surface area contributed by atoms with Crippen molar-refractivity contribution in [3.05, 3.63) is 76.7 Å². The van der Waals surface area contributed by atoms with E-state index in [0.717, 1.165) is 17.1 Å². The van der Waals surface area contributed by atoms with Gasteiger partial charge in [-0.05, 0) is 60.9 Å². The second kappa shape index (κ2) is 11.9. The number of nitrogens with zero attached hydrogens (tertiary/aromatic N) is 1. The van der Waals surface area contributed by atoms with Crippen LogP contribution >= 0.6 is 24.0 Å². The Balaban J connectivity index is 1.36. The molecule has 0 saturated carbocycles. The number of thioether (sulfide) groups is 1. The smallest absolute Gasteiger partial charge is 0.266 e. The summed E-state index contributed by atoms with van der Waals surface area (Å²) in [5.41, 5.74) is 3.38. The second-order valence-electron chi connectivity index (χ2n) is 7.21. The van der Waals surface area contributed by atoms with E-state index in [0.29, 0.717) is 42.2 Å². The van der Waals surface area contributed by atoms with E-state index >= 15 is 0 Å². The first-order chi connectivity index (χ1) is 15.5. The number of ether oxygens (including phenoxy) is 3. The Labute approximate surface area is 199 Å². The average Bonchev–Trinajstić information content (AvgIpc) is 3.04. The summed E-state index contributed by atoms with van der Waals surface area (Å²) >= 11 is 6.56. The minimum atomic E-state index is -0.0844. The normalized spacial score (nSPS) is 14.8. The lowest BCUT2D eigenvalue weighted by Gasteiger charge is -2.10. The molecule has 5 nitrogen and oxygen atoms in total. The molecule has 0 N–H and O–H groups in total. The number of thiocarbonyl (C=S) groups is 1. The van der Waals surface area contributed by atoms with Gasteiger partial charge in [-0.25, -0.2) is 0 Å². The maximum Gasteiger partial charge on any atom is 0.266 e. The van der Waals surface area contributed by atoms with Gasteiger partial charge in [0, 0.05) is 6.54 Å². The van der Waals surface area contributed by atoms with Crippen LogP contribution in [0.15, 0.2) is 60.0 Å². The highest BCUT2D eigenvalue weighted by Gasteiger charge is 2.30. The van der Waals surface area contributed by atoms with E-state index in [4.69, 9.17) is 26.4 Å². The number of rotatable bonds is 11. The molecule has 0 radical (unpaired) electrons. The fourth-order valence-corrected chi connectivity index (χ4v) is 4.22. The SMILES string of the molecule is C=CCN1C(=O)/C(=C\c2ccc(OCCOCCOc3ccc(C)c(C)c3)cc2)SC1=S. The first-order valence-electron chi connectivity index (χ1n) is 10.3. The number of amides is 1. The van der Waals surface area contributed by atoms with Gasteiger partial charge in [0.05, 0.1) is 18.1 Å². The van der Waals surface area contributed by atoms with E-state index in [1.54, 1.807) is 11.0 Å². The van der Waals surface area contributed by atoms with Gasteiger partial charge in [-0.3, -0.25) is 9.69 Å². The van der Waals surface area contributed by atoms with Crippen molar-refractivity contribution in [2.24, 2.45) is 0 Å². The molecule has 32 heavy (non-hydrogen) atoms. The number of hydrogen-bond donors (Lipinski definition) is 0. The summed E-state index contributed by atoms with van der Waals surface area (Å²) in [5, 5.41) is 0. The van der Waals surface area contributed by atoms with E-state index in [2.05, 4.69) is 26.5 Å². The Morgan fingerprint density at radius 1 is 0.969 bits per heavy atom. The average molecular weight is 470 g/mol. The molecule has 1 aliphatic rings. The molecule has 1 saturated heterocycles. The topological polar surface area (TPSA) is 48.0 Å². The molecule has 3 rings (SSSR count). The maximum absolute atomic E-state index is 12.4. The predicted octanol–water partition coefficient (Wildman–Crippen LogP) is 5.17. The molecule has 0 aliphatic carbocycles. The van der Waals surface area contributed by atoms with Crippen LogP contribution in [-0.4, -0.2) is 48.1 Å². The summed E-state index contributed by atoms with van der Waals surface area (Å²) < 4.78 is 17.5.